The Hall–Kier alpha value is -2.33. The second-order valence-corrected chi connectivity index (χ2v) is 3.91. The molecule has 0 aliphatic carbocycles. The predicted octanol–water partition coefficient (Wildman–Crippen LogP) is 1.22. The summed E-state index contributed by atoms with van der Waals surface area (Å²) in [6.07, 6.45) is 0. The summed E-state index contributed by atoms with van der Waals surface area (Å²) in [5.41, 5.74) is 4.23. The number of benzene rings is 1. The van der Waals surface area contributed by atoms with Gasteiger partial charge in [0.2, 0.25) is 0 Å². The molecule has 0 radical (unpaired) electrons. The summed E-state index contributed by atoms with van der Waals surface area (Å²) in [5, 5.41) is 19.5. The van der Waals surface area contributed by atoms with Crippen molar-refractivity contribution < 1.29 is 14.4 Å². The molecule has 1 aromatic rings. The van der Waals surface area contributed by atoms with Crippen LogP contribution in [-0.4, -0.2) is 24.2 Å². The van der Waals surface area contributed by atoms with E-state index in [1.165, 1.54) is 32.2 Å². The monoisotopic (exact) mass is 251 g/mol. The maximum atomic E-state index is 10.8. The van der Waals surface area contributed by atoms with Crippen molar-refractivity contribution in [3.05, 3.63) is 28.3 Å². The van der Waals surface area contributed by atoms with E-state index in [0.717, 1.165) is 0 Å². The Morgan fingerprint density at radius 2 is 2.28 bits per heavy atom. The molecule has 18 heavy (non-hydrogen) atoms. The van der Waals surface area contributed by atoms with Crippen molar-refractivity contribution in [2.75, 3.05) is 13.7 Å². The molecule has 0 saturated carbocycles. The van der Waals surface area contributed by atoms with Crippen molar-refractivity contribution in [2.45, 2.75) is 12.5 Å². The maximum absolute atomic E-state index is 10.8. The zero-order valence-corrected chi connectivity index (χ0v) is 10.0. The van der Waals surface area contributed by atoms with Crippen molar-refractivity contribution in [3.63, 3.8) is 0 Å². The fraction of sp³-hybridized carbons (Fsp3) is 0.364. The van der Waals surface area contributed by atoms with Crippen LogP contribution in [0.1, 0.15) is 6.92 Å². The molecule has 0 aliphatic heterocycles. The molecule has 96 valence electrons. The quantitative estimate of drug-likeness (QED) is 0.622. The summed E-state index contributed by atoms with van der Waals surface area (Å²) in [7, 11) is 1.34. The van der Waals surface area contributed by atoms with E-state index in [9.17, 15) is 10.1 Å². The molecule has 7 nitrogen and oxygen atoms in total. The number of rotatable bonds is 5. The highest BCUT2D eigenvalue weighted by Gasteiger charge is 2.20. The van der Waals surface area contributed by atoms with E-state index >= 15 is 0 Å². The molecule has 1 unspecified atom stereocenters. The standard InChI is InChI=1S/C11H13N3O4/c1-11(13,6-12)7-18-8-3-4-10(17-2)9(5-8)14(15)16/h3-5H,7,13H2,1-2H3. The lowest BCUT2D eigenvalue weighted by Crippen LogP contribution is -2.40. The van der Waals surface area contributed by atoms with Crippen molar-refractivity contribution >= 4 is 5.69 Å². The summed E-state index contributed by atoms with van der Waals surface area (Å²) in [4.78, 5) is 10.2. The topological polar surface area (TPSA) is 111 Å². The van der Waals surface area contributed by atoms with Crippen LogP contribution in [0.15, 0.2) is 18.2 Å². The van der Waals surface area contributed by atoms with Crippen molar-refractivity contribution in [3.8, 4) is 17.6 Å². The number of ether oxygens (including phenoxy) is 2. The van der Waals surface area contributed by atoms with E-state index in [0.29, 0.717) is 0 Å². The molecule has 0 aromatic heterocycles. The average molecular weight is 251 g/mol. The van der Waals surface area contributed by atoms with Gasteiger partial charge in [-0.25, -0.2) is 0 Å². The molecule has 0 fully saturated rings. The van der Waals surface area contributed by atoms with E-state index in [2.05, 4.69) is 0 Å². The highest BCUT2D eigenvalue weighted by Crippen LogP contribution is 2.30. The van der Waals surface area contributed by atoms with Gasteiger partial charge in [0.05, 0.1) is 24.2 Å². The third kappa shape index (κ3) is 3.33. The summed E-state index contributed by atoms with van der Waals surface area (Å²) < 4.78 is 10.1. The van der Waals surface area contributed by atoms with Crippen LogP contribution < -0.4 is 15.2 Å². The second-order valence-electron chi connectivity index (χ2n) is 3.91. The first-order chi connectivity index (χ1) is 8.39. The zero-order valence-electron chi connectivity index (χ0n) is 10.0. The molecular formula is C11H13N3O4. The lowest BCUT2D eigenvalue weighted by Gasteiger charge is -2.16. The van der Waals surface area contributed by atoms with Crippen LogP contribution in [0, 0.1) is 21.4 Å². The lowest BCUT2D eigenvalue weighted by atomic mass is 10.1. The van der Waals surface area contributed by atoms with Crippen LogP contribution in [0.3, 0.4) is 0 Å². The Bertz CT molecular complexity index is 494. The Balaban J connectivity index is 2.90. The fourth-order valence-electron chi connectivity index (χ4n) is 1.17. The molecule has 0 bridgehead atoms. The van der Waals surface area contributed by atoms with Crippen LogP contribution in [0.5, 0.6) is 11.5 Å². The van der Waals surface area contributed by atoms with E-state index in [1.54, 1.807) is 0 Å². The fourth-order valence-corrected chi connectivity index (χ4v) is 1.17. The number of hydrogen-bond acceptors (Lipinski definition) is 6. The lowest BCUT2D eigenvalue weighted by molar-refractivity contribution is -0.385. The van der Waals surface area contributed by atoms with Gasteiger partial charge in [0.15, 0.2) is 5.75 Å². The van der Waals surface area contributed by atoms with Gasteiger partial charge < -0.3 is 15.2 Å². The van der Waals surface area contributed by atoms with E-state index in [1.807, 2.05) is 6.07 Å². The summed E-state index contributed by atoms with van der Waals surface area (Å²) in [5.74, 6) is 0.401. The molecule has 0 aliphatic rings. The van der Waals surface area contributed by atoms with Gasteiger partial charge in [-0.1, -0.05) is 0 Å². The third-order valence-electron chi connectivity index (χ3n) is 2.14. The van der Waals surface area contributed by atoms with E-state index in [4.69, 9.17) is 20.5 Å². The Morgan fingerprint density at radius 1 is 1.61 bits per heavy atom. The van der Waals surface area contributed by atoms with Gasteiger partial charge in [0, 0.05) is 0 Å². The van der Waals surface area contributed by atoms with Gasteiger partial charge in [-0.15, -0.1) is 0 Å². The molecular weight excluding hydrogens is 238 g/mol. The summed E-state index contributed by atoms with van der Waals surface area (Å²) in [6.45, 7) is 1.44. The van der Waals surface area contributed by atoms with Gasteiger partial charge in [-0.05, 0) is 19.1 Å². The molecule has 0 spiro atoms. The number of nitriles is 1. The number of nitro benzene ring substituents is 1. The normalized spacial score (nSPS) is 13.2. The first-order valence-electron chi connectivity index (χ1n) is 5.05. The number of methoxy groups -OCH3 is 1. The summed E-state index contributed by atoms with van der Waals surface area (Å²) in [6, 6.07) is 6.03. The molecule has 0 amide bonds. The minimum absolute atomic E-state index is 0.0625. The zero-order chi connectivity index (χ0) is 13.8. The molecule has 0 heterocycles. The molecule has 1 aromatic carbocycles. The SMILES string of the molecule is COc1ccc(OCC(C)(N)C#N)cc1[N+](=O)[O-]. The number of nitrogens with zero attached hydrogens (tertiary/aromatic N) is 2. The molecule has 2 N–H and O–H groups in total. The van der Waals surface area contributed by atoms with Crippen LogP contribution >= 0.6 is 0 Å². The molecule has 1 atom stereocenters. The van der Waals surface area contributed by atoms with Crippen LogP contribution in [-0.2, 0) is 0 Å². The van der Waals surface area contributed by atoms with E-state index in [-0.39, 0.29) is 23.8 Å². The van der Waals surface area contributed by atoms with Gasteiger partial charge >= 0.3 is 5.69 Å². The Kier molecular flexibility index (Phi) is 4.07. The van der Waals surface area contributed by atoms with Crippen molar-refractivity contribution in [2.24, 2.45) is 5.73 Å². The Morgan fingerprint density at radius 3 is 2.78 bits per heavy atom. The van der Waals surface area contributed by atoms with E-state index < -0.39 is 10.5 Å². The minimum Gasteiger partial charge on any atom is -0.490 e. The number of hydrogen-bond donors (Lipinski definition) is 1. The second kappa shape index (κ2) is 5.33. The Labute approximate surface area is 104 Å². The van der Waals surface area contributed by atoms with Gasteiger partial charge in [0.25, 0.3) is 0 Å². The van der Waals surface area contributed by atoms with Crippen molar-refractivity contribution in [1.29, 1.82) is 5.26 Å². The van der Waals surface area contributed by atoms with Gasteiger partial charge in [-0.3, -0.25) is 10.1 Å². The van der Waals surface area contributed by atoms with Crippen LogP contribution in [0.4, 0.5) is 5.69 Å². The predicted molar refractivity (Wildman–Crippen MR) is 63.3 cm³/mol. The van der Waals surface area contributed by atoms with Gasteiger partial charge in [0.1, 0.15) is 17.9 Å². The molecule has 0 saturated heterocycles. The molecule has 7 heteroatoms. The first kappa shape index (κ1) is 13.7. The van der Waals surface area contributed by atoms with Gasteiger partial charge in [-0.2, -0.15) is 5.26 Å². The van der Waals surface area contributed by atoms with Crippen molar-refractivity contribution in [1.82, 2.24) is 0 Å². The number of nitro groups is 1. The van der Waals surface area contributed by atoms with Crippen LogP contribution in [0.25, 0.3) is 0 Å². The minimum atomic E-state index is -1.14. The largest absolute Gasteiger partial charge is 0.490 e. The third-order valence-corrected chi connectivity index (χ3v) is 2.14. The maximum Gasteiger partial charge on any atom is 0.314 e. The number of nitrogens with two attached hydrogens (primary N) is 1. The molecule has 1 rings (SSSR count). The van der Waals surface area contributed by atoms with Crippen LogP contribution in [0.2, 0.25) is 0 Å². The smallest absolute Gasteiger partial charge is 0.314 e. The highest BCUT2D eigenvalue weighted by molar-refractivity contribution is 5.50. The average Bonchev–Trinajstić information content (AvgIpc) is 2.36. The highest BCUT2D eigenvalue weighted by atomic mass is 16.6. The first-order valence-corrected chi connectivity index (χ1v) is 5.05. The summed E-state index contributed by atoms with van der Waals surface area (Å²) >= 11 is 0.